The number of nitrogens with zero attached hydrogens (tertiary/aromatic N) is 3. The SMILES string of the molecule is Cc1cnn(-c2nc3ccccc3cc2CCl)c1. The van der Waals surface area contributed by atoms with E-state index in [4.69, 9.17) is 11.6 Å². The van der Waals surface area contributed by atoms with E-state index >= 15 is 0 Å². The van der Waals surface area contributed by atoms with Gasteiger partial charge in [0, 0.05) is 17.1 Å². The molecule has 4 heteroatoms. The normalized spacial score (nSPS) is 11.0. The number of aryl methyl sites for hydroxylation is 1. The highest BCUT2D eigenvalue weighted by Gasteiger charge is 2.08. The van der Waals surface area contributed by atoms with E-state index in [1.165, 1.54) is 0 Å². The number of fused-ring (bicyclic) bond motifs is 1. The number of rotatable bonds is 2. The monoisotopic (exact) mass is 257 g/mol. The molecule has 0 saturated heterocycles. The molecule has 0 aliphatic rings. The Morgan fingerprint density at radius 1 is 1.28 bits per heavy atom. The molecule has 18 heavy (non-hydrogen) atoms. The summed E-state index contributed by atoms with van der Waals surface area (Å²) in [4.78, 5) is 4.65. The van der Waals surface area contributed by atoms with Crippen LogP contribution in [-0.4, -0.2) is 14.8 Å². The van der Waals surface area contributed by atoms with Crippen LogP contribution in [0.3, 0.4) is 0 Å². The molecular formula is C14H12ClN3. The van der Waals surface area contributed by atoms with Gasteiger partial charge in [0.05, 0.1) is 17.6 Å². The Morgan fingerprint density at radius 3 is 2.83 bits per heavy atom. The van der Waals surface area contributed by atoms with Gasteiger partial charge < -0.3 is 0 Å². The van der Waals surface area contributed by atoms with Gasteiger partial charge in [0.25, 0.3) is 0 Å². The molecule has 3 nitrogen and oxygen atoms in total. The molecule has 3 aromatic rings. The molecule has 0 saturated carbocycles. The summed E-state index contributed by atoms with van der Waals surface area (Å²) >= 11 is 6.01. The number of alkyl halides is 1. The first-order valence-electron chi connectivity index (χ1n) is 5.74. The van der Waals surface area contributed by atoms with Crippen LogP contribution < -0.4 is 0 Å². The summed E-state index contributed by atoms with van der Waals surface area (Å²) in [7, 11) is 0. The maximum Gasteiger partial charge on any atom is 0.158 e. The van der Waals surface area contributed by atoms with Crippen molar-refractivity contribution in [2.24, 2.45) is 0 Å². The van der Waals surface area contributed by atoms with Gasteiger partial charge in [-0.2, -0.15) is 5.10 Å². The minimum atomic E-state index is 0.423. The molecule has 0 aliphatic carbocycles. The van der Waals surface area contributed by atoms with Crippen LogP contribution in [0.2, 0.25) is 0 Å². The van der Waals surface area contributed by atoms with Crippen LogP contribution >= 0.6 is 11.6 Å². The van der Waals surface area contributed by atoms with E-state index in [-0.39, 0.29) is 0 Å². The maximum atomic E-state index is 6.01. The quantitative estimate of drug-likeness (QED) is 0.658. The van der Waals surface area contributed by atoms with Gasteiger partial charge in [-0.15, -0.1) is 11.6 Å². The average molecular weight is 258 g/mol. The maximum absolute atomic E-state index is 6.01. The Labute approximate surface area is 110 Å². The van der Waals surface area contributed by atoms with Gasteiger partial charge in [-0.1, -0.05) is 18.2 Å². The lowest BCUT2D eigenvalue weighted by molar-refractivity contribution is 0.842. The van der Waals surface area contributed by atoms with Gasteiger partial charge in [-0.3, -0.25) is 0 Å². The third-order valence-corrected chi connectivity index (χ3v) is 3.14. The number of benzene rings is 1. The molecule has 90 valence electrons. The van der Waals surface area contributed by atoms with Crippen molar-refractivity contribution in [1.29, 1.82) is 0 Å². The third-order valence-electron chi connectivity index (χ3n) is 2.85. The molecule has 0 aliphatic heterocycles. The zero-order chi connectivity index (χ0) is 12.5. The first kappa shape index (κ1) is 11.2. The number of aromatic nitrogens is 3. The van der Waals surface area contributed by atoms with Crippen LogP contribution in [-0.2, 0) is 5.88 Å². The second kappa shape index (κ2) is 4.42. The van der Waals surface area contributed by atoms with Crippen molar-refractivity contribution in [3.63, 3.8) is 0 Å². The van der Waals surface area contributed by atoms with E-state index in [2.05, 4.69) is 16.1 Å². The van der Waals surface area contributed by atoms with Crippen LogP contribution in [0.15, 0.2) is 42.7 Å². The highest BCUT2D eigenvalue weighted by molar-refractivity contribution is 6.17. The summed E-state index contributed by atoms with van der Waals surface area (Å²) in [5.41, 5.74) is 3.04. The van der Waals surface area contributed by atoms with E-state index < -0.39 is 0 Å². The Balaban J connectivity index is 2.26. The van der Waals surface area contributed by atoms with Gasteiger partial charge in [-0.25, -0.2) is 9.67 Å². The summed E-state index contributed by atoms with van der Waals surface area (Å²) in [6.45, 7) is 2.00. The third kappa shape index (κ3) is 1.87. The Morgan fingerprint density at radius 2 is 2.11 bits per heavy atom. The highest BCUT2D eigenvalue weighted by Crippen LogP contribution is 2.21. The number of para-hydroxylation sites is 1. The first-order chi connectivity index (χ1) is 8.78. The first-order valence-corrected chi connectivity index (χ1v) is 6.27. The van der Waals surface area contributed by atoms with E-state index in [1.807, 2.05) is 43.6 Å². The molecule has 2 heterocycles. The molecule has 2 aromatic heterocycles. The van der Waals surface area contributed by atoms with E-state index in [0.717, 1.165) is 27.8 Å². The van der Waals surface area contributed by atoms with Crippen molar-refractivity contribution in [3.8, 4) is 5.82 Å². The Kier molecular flexibility index (Phi) is 2.76. The minimum absolute atomic E-state index is 0.423. The lowest BCUT2D eigenvalue weighted by Gasteiger charge is -2.08. The molecule has 0 bridgehead atoms. The summed E-state index contributed by atoms with van der Waals surface area (Å²) < 4.78 is 1.78. The van der Waals surface area contributed by atoms with Gasteiger partial charge in [0.2, 0.25) is 0 Å². The van der Waals surface area contributed by atoms with Crippen molar-refractivity contribution in [3.05, 3.63) is 53.9 Å². The number of halogens is 1. The second-order valence-electron chi connectivity index (χ2n) is 4.26. The molecule has 0 radical (unpaired) electrons. The smallest absolute Gasteiger partial charge is 0.158 e. The lowest BCUT2D eigenvalue weighted by Crippen LogP contribution is -2.02. The summed E-state index contributed by atoms with van der Waals surface area (Å²) in [6.07, 6.45) is 3.77. The zero-order valence-corrected chi connectivity index (χ0v) is 10.7. The molecule has 0 amide bonds. The summed E-state index contributed by atoms with van der Waals surface area (Å²) in [5, 5.41) is 5.39. The van der Waals surface area contributed by atoms with Crippen LogP contribution in [0.5, 0.6) is 0 Å². The molecule has 3 rings (SSSR count). The van der Waals surface area contributed by atoms with Crippen LogP contribution in [0, 0.1) is 6.92 Å². The van der Waals surface area contributed by atoms with Crippen molar-refractivity contribution in [2.45, 2.75) is 12.8 Å². The van der Waals surface area contributed by atoms with Crippen molar-refractivity contribution >= 4 is 22.5 Å². The predicted octanol–water partition coefficient (Wildman–Crippen LogP) is 3.47. The number of pyridine rings is 1. The zero-order valence-electron chi connectivity index (χ0n) is 9.97. The largest absolute Gasteiger partial charge is 0.228 e. The summed E-state index contributed by atoms with van der Waals surface area (Å²) in [5.74, 6) is 1.23. The second-order valence-corrected chi connectivity index (χ2v) is 4.53. The average Bonchev–Trinajstić information content (AvgIpc) is 2.83. The van der Waals surface area contributed by atoms with Gasteiger partial charge >= 0.3 is 0 Å². The molecular weight excluding hydrogens is 246 g/mol. The number of hydrogen-bond acceptors (Lipinski definition) is 2. The molecule has 0 unspecified atom stereocenters. The van der Waals surface area contributed by atoms with Crippen molar-refractivity contribution in [1.82, 2.24) is 14.8 Å². The molecule has 0 spiro atoms. The van der Waals surface area contributed by atoms with E-state index in [1.54, 1.807) is 4.68 Å². The summed E-state index contributed by atoms with van der Waals surface area (Å²) in [6, 6.07) is 10.1. The van der Waals surface area contributed by atoms with Crippen LogP contribution in [0.1, 0.15) is 11.1 Å². The Hall–Kier alpha value is -1.87. The minimum Gasteiger partial charge on any atom is -0.228 e. The van der Waals surface area contributed by atoms with E-state index in [9.17, 15) is 0 Å². The van der Waals surface area contributed by atoms with Crippen molar-refractivity contribution in [2.75, 3.05) is 0 Å². The molecule has 1 aromatic carbocycles. The Bertz CT molecular complexity index is 703. The van der Waals surface area contributed by atoms with Crippen LogP contribution in [0.25, 0.3) is 16.7 Å². The standard InChI is InChI=1S/C14H12ClN3/c1-10-8-16-18(9-10)14-12(7-15)6-11-4-2-3-5-13(11)17-14/h2-6,8-9H,7H2,1H3. The molecule has 0 N–H and O–H groups in total. The fourth-order valence-corrected chi connectivity index (χ4v) is 2.17. The predicted molar refractivity (Wildman–Crippen MR) is 73.2 cm³/mol. The molecule has 0 fully saturated rings. The van der Waals surface area contributed by atoms with Gasteiger partial charge in [-0.05, 0) is 24.6 Å². The fraction of sp³-hybridized carbons (Fsp3) is 0.143. The van der Waals surface area contributed by atoms with E-state index in [0.29, 0.717) is 5.88 Å². The van der Waals surface area contributed by atoms with Crippen molar-refractivity contribution < 1.29 is 0 Å². The van der Waals surface area contributed by atoms with Gasteiger partial charge in [0.1, 0.15) is 0 Å². The number of hydrogen-bond donors (Lipinski definition) is 0. The highest BCUT2D eigenvalue weighted by atomic mass is 35.5. The topological polar surface area (TPSA) is 30.7 Å². The van der Waals surface area contributed by atoms with Gasteiger partial charge in [0.15, 0.2) is 5.82 Å². The van der Waals surface area contributed by atoms with Crippen LogP contribution in [0.4, 0.5) is 0 Å². The molecule has 0 atom stereocenters. The fourth-order valence-electron chi connectivity index (χ4n) is 1.97. The lowest BCUT2D eigenvalue weighted by atomic mass is 10.1.